The standard InChI is InChI=1S/C14H18BrNO4S/c1-9-7-13(10(2)6-12(9)15)21(19,20)16-5-3-4-11(8-16)14(17)18/h6-7,11H,3-5,8H2,1-2H3,(H,17,18). The molecule has 5 nitrogen and oxygen atoms in total. The Labute approximate surface area is 133 Å². The van der Waals surface area contributed by atoms with Crippen LogP contribution in [0.1, 0.15) is 24.0 Å². The highest BCUT2D eigenvalue weighted by Crippen LogP contribution is 2.29. The molecule has 1 aliphatic heterocycles. The molecule has 0 aromatic heterocycles. The summed E-state index contributed by atoms with van der Waals surface area (Å²) in [5.74, 6) is -1.55. The van der Waals surface area contributed by atoms with Crippen LogP contribution in [-0.4, -0.2) is 36.9 Å². The number of halogens is 1. The van der Waals surface area contributed by atoms with Crippen molar-refractivity contribution in [1.29, 1.82) is 0 Å². The van der Waals surface area contributed by atoms with E-state index in [1.807, 2.05) is 6.92 Å². The maximum absolute atomic E-state index is 12.8. The SMILES string of the molecule is Cc1cc(S(=O)(=O)N2CCCC(C(=O)O)C2)c(C)cc1Br. The van der Waals surface area contributed by atoms with Crippen LogP contribution in [0.15, 0.2) is 21.5 Å². The Balaban J connectivity index is 2.38. The fraction of sp³-hybridized carbons (Fsp3) is 0.500. The molecule has 0 radical (unpaired) electrons. The summed E-state index contributed by atoms with van der Waals surface area (Å²) < 4.78 is 27.7. The average Bonchev–Trinajstić information content (AvgIpc) is 2.42. The zero-order valence-corrected chi connectivity index (χ0v) is 14.4. The van der Waals surface area contributed by atoms with E-state index < -0.39 is 21.9 Å². The molecule has 0 bridgehead atoms. The molecule has 1 aliphatic rings. The summed E-state index contributed by atoms with van der Waals surface area (Å²) in [7, 11) is -3.65. The minimum Gasteiger partial charge on any atom is -0.481 e. The van der Waals surface area contributed by atoms with E-state index in [4.69, 9.17) is 5.11 Å². The fourth-order valence-electron chi connectivity index (χ4n) is 2.53. The molecule has 0 aliphatic carbocycles. The second-order valence-corrected chi connectivity index (χ2v) is 8.17. The largest absolute Gasteiger partial charge is 0.481 e. The predicted molar refractivity (Wildman–Crippen MR) is 82.7 cm³/mol. The van der Waals surface area contributed by atoms with Gasteiger partial charge in [-0.1, -0.05) is 15.9 Å². The zero-order chi connectivity index (χ0) is 15.8. The maximum atomic E-state index is 12.8. The van der Waals surface area contributed by atoms with E-state index in [0.29, 0.717) is 24.9 Å². The molecule has 0 spiro atoms. The van der Waals surface area contributed by atoms with Crippen molar-refractivity contribution in [3.8, 4) is 0 Å². The lowest BCUT2D eigenvalue weighted by molar-refractivity contribution is -0.142. The highest BCUT2D eigenvalue weighted by atomic mass is 79.9. The van der Waals surface area contributed by atoms with Gasteiger partial charge in [0.1, 0.15) is 0 Å². The van der Waals surface area contributed by atoms with Gasteiger partial charge in [0.25, 0.3) is 0 Å². The molecule has 21 heavy (non-hydrogen) atoms. The second-order valence-electron chi connectivity index (χ2n) is 5.41. The van der Waals surface area contributed by atoms with Crippen LogP contribution in [0.2, 0.25) is 0 Å². The van der Waals surface area contributed by atoms with Gasteiger partial charge in [-0.2, -0.15) is 4.31 Å². The highest BCUT2D eigenvalue weighted by molar-refractivity contribution is 9.10. The topological polar surface area (TPSA) is 74.7 Å². The summed E-state index contributed by atoms with van der Waals surface area (Å²) in [6, 6.07) is 3.42. The van der Waals surface area contributed by atoms with Crippen LogP contribution in [0.4, 0.5) is 0 Å². The van der Waals surface area contributed by atoms with E-state index >= 15 is 0 Å². The molecule has 1 aromatic carbocycles. The predicted octanol–water partition coefficient (Wildman–Crippen LogP) is 2.55. The molecule has 2 rings (SSSR count). The van der Waals surface area contributed by atoms with Gasteiger partial charge in [-0.05, 0) is 49.9 Å². The summed E-state index contributed by atoms with van der Waals surface area (Å²) >= 11 is 3.39. The van der Waals surface area contributed by atoms with Crippen LogP contribution < -0.4 is 0 Å². The number of aliphatic carboxylic acids is 1. The lowest BCUT2D eigenvalue weighted by Crippen LogP contribution is -2.42. The van der Waals surface area contributed by atoms with Gasteiger partial charge in [-0.25, -0.2) is 8.42 Å². The first-order chi connectivity index (χ1) is 9.73. The smallest absolute Gasteiger partial charge is 0.307 e. The number of rotatable bonds is 3. The number of nitrogens with zero attached hydrogens (tertiary/aromatic N) is 1. The summed E-state index contributed by atoms with van der Waals surface area (Å²) in [6.45, 7) is 4.00. The van der Waals surface area contributed by atoms with Gasteiger partial charge >= 0.3 is 5.97 Å². The quantitative estimate of drug-likeness (QED) is 0.880. The van der Waals surface area contributed by atoms with Crippen LogP contribution in [0.5, 0.6) is 0 Å². The lowest BCUT2D eigenvalue weighted by Gasteiger charge is -2.30. The molecular weight excluding hydrogens is 358 g/mol. The Morgan fingerprint density at radius 2 is 2.00 bits per heavy atom. The van der Waals surface area contributed by atoms with Crippen LogP contribution in [0.25, 0.3) is 0 Å². The monoisotopic (exact) mass is 375 g/mol. The van der Waals surface area contributed by atoms with Crippen molar-refractivity contribution >= 4 is 31.9 Å². The van der Waals surface area contributed by atoms with Crippen molar-refractivity contribution in [2.24, 2.45) is 5.92 Å². The Kier molecular flexibility index (Phi) is 4.75. The molecule has 7 heteroatoms. The molecule has 1 atom stereocenters. The minimum absolute atomic E-state index is 0.0478. The first-order valence-electron chi connectivity index (χ1n) is 6.73. The Morgan fingerprint density at radius 3 is 2.62 bits per heavy atom. The van der Waals surface area contributed by atoms with Crippen molar-refractivity contribution < 1.29 is 18.3 Å². The number of sulfonamides is 1. The van der Waals surface area contributed by atoms with Crippen LogP contribution in [-0.2, 0) is 14.8 Å². The number of hydrogen-bond acceptors (Lipinski definition) is 3. The highest BCUT2D eigenvalue weighted by Gasteiger charge is 2.34. The molecule has 1 fully saturated rings. The number of carbonyl (C=O) groups is 1. The van der Waals surface area contributed by atoms with Crippen molar-refractivity contribution in [3.63, 3.8) is 0 Å². The van der Waals surface area contributed by atoms with Crippen LogP contribution >= 0.6 is 15.9 Å². The number of aryl methyl sites for hydroxylation is 2. The van der Waals surface area contributed by atoms with Gasteiger partial charge in [-0.3, -0.25) is 4.79 Å². The van der Waals surface area contributed by atoms with E-state index in [1.54, 1.807) is 19.1 Å². The van der Waals surface area contributed by atoms with E-state index in [-0.39, 0.29) is 11.4 Å². The van der Waals surface area contributed by atoms with Crippen molar-refractivity contribution in [3.05, 3.63) is 27.7 Å². The third-order valence-electron chi connectivity index (χ3n) is 3.81. The molecule has 1 N–H and O–H groups in total. The minimum atomic E-state index is -3.65. The van der Waals surface area contributed by atoms with Gasteiger partial charge in [0.15, 0.2) is 0 Å². The molecule has 0 saturated carbocycles. The average molecular weight is 376 g/mol. The Hall–Kier alpha value is -0.920. The summed E-state index contributed by atoms with van der Waals surface area (Å²) in [4.78, 5) is 11.4. The first-order valence-corrected chi connectivity index (χ1v) is 8.96. The third kappa shape index (κ3) is 3.30. The molecule has 1 aromatic rings. The van der Waals surface area contributed by atoms with E-state index in [0.717, 1.165) is 10.0 Å². The van der Waals surface area contributed by atoms with Crippen molar-refractivity contribution in [2.45, 2.75) is 31.6 Å². The number of carboxylic acid groups (broad SMARTS) is 1. The van der Waals surface area contributed by atoms with Gasteiger partial charge in [-0.15, -0.1) is 0 Å². The molecule has 116 valence electrons. The molecule has 1 heterocycles. The normalized spacial score (nSPS) is 20.4. The molecule has 1 saturated heterocycles. The van der Waals surface area contributed by atoms with Gasteiger partial charge in [0, 0.05) is 17.6 Å². The van der Waals surface area contributed by atoms with Gasteiger partial charge in [0.05, 0.1) is 10.8 Å². The summed E-state index contributed by atoms with van der Waals surface area (Å²) in [6.07, 6.45) is 1.10. The molecule has 0 amide bonds. The summed E-state index contributed by atoms with van der Waals surface area (Å²) in [5.41, 5.74) is 1.50. The van der Waals surface area contributed by atoms with E-state index in [2.05, 4.69) is 15.9 Å². The number of benzene rings is 1. The first kappa shape index (κ1) is 16.5. The fourth-order valence-corrected chi connectivity index (χ4v) is 4.81. The van der Waals surface area contributed by atoms with Crippen LogP contribution in [0.3, 0.4) is 0 Å². The van der Waals surface area contributed by atoms with Gasteiger partial charge < -0.3 is 5.11 Å². The second kappa shape index (κ2) is 6.06. The molecular formula is C14H18BrNO4S. The molecule has 1 unspecified atom stereocenters. The van der Waals surface area contributed by atoms with E-state index in [1.165, 1.54) is 4.31 Å². The third-order valence-corrected chi connectivity index (χ3v) is 6.67. The lowest BCUT2D eigenvalue weighted by atomic mass is 10.0. The van der Waals surface area contributed by atoms with E-state index in [9.17, 15) is 13.2 Å². The van der Waals surface area contributed by atoms with Crippen molar-refractivity contribution in [2.75, 3.05) is 13.1 Å². The Morgan fingerprint density at radius 1 is 1.33 bits per heavy atom. The van der Waals surface area contributed by atoms with Crippen LogP contribution in [0, 0.1) is 19.8 Å². The number of hydrogen-bond donors (Lipinski definition) is 1. The number of piperidine rings is 1. The number of carboxylic acids is 1. The Bertz CT molecular complexity index is 672. The van der Waals surface area contributed by atoms with Gasteiger partial charge in [0.2, 0.25) is 10.0 Å². The zero-order valence-electron chi connectivity index (χ0n) is 12.0. The maximum Gasteiger partial charge on any atom is 0.307 e. The summed E-state index contributed by atoms with van der Waals surface area (Å²) in [5, 5.41) is 9.10. The van der Waals surface area contributed by atoms with Crippen molar-refractivity contribution in [1.82, 2.24) is 4.31 Å².